The molecule has 2 aliphatic heterocycles. The van der Waals surface area contributed by atoms with Crippen molar-refractivity contribution in [3.8, 4) is 5.75 Å². The number of methoxy groups -OCH3 is 1. The van der Waals surface area contributed by atoms with E-state index in [2.05, 4.69) is 20.5 Å². The zero-order valence-corrected chi connectivity index (χ0v) is 16.4. The van der Waals surface area contributed by atoms with E-state index in [9.17, 15) is 0 Å². The van der Waals surface area contributed by atoms with Gasteiger partial charge in [-0.1, -0.05) is 6.07 Å². The van der Waals surface area contributed by atoms with Gasteiger partial charge in [-0.15, -0.1) is 0 Å². The number of morpholine rings is 1. The minimum Gasteiger partial charge on any atom is -0.493 e. The molecule has 0 spiro atoms. The van der Waals surface area contributed by atoms with Crippen LogP contribution >= 0.6 is 0 Å². The summed E-state index contributed by atoms with van der Waals surface area (Å²) < 4.78 is 16.8. The smallest absolute Gasteiger partial charge is 0.195 e. The van der Waals surface area contributed by atoms with Crippen molar-refractivity contribution in [1.82, 2.24) is 10.2 Å². The molecule has 150 valence electrons. The van der Waals surface area contributed by atoms with E-state index < -0.39 is 0 Å². The Kier molecular flexibility index (Phi) is 7.74. The van der Waals surface area contributed by atoms with Gasteiger partial charge in [0, 0.05) is 58.1 Å². The standard InChI is InChI=1S/C20H32N4O3/c1-21-20(22-13-19-14-24-9-4-7-17(24)15-27-19)23-16-6-3-8-18(12-16)26-11-5-10-25-2/h3,6,8,12,17,19H,4-5,7,9-11,13-15H2,1-2H3,(H2,21,22,23). The van der Waals surface area contributed by atoms with Crippen LogP contribution in [0.2, 0.25) is 0 Å². The largest absolute Gasteiger partial charge is 0.493 e. The molecule has 2 heterocycles. The second-order valence-corrected chi connectivity index (χ2v) is 7.05. The van der Waals surface area contributed by atoms with Gasteiger partial charge in [0.15, 0.2) is 5.96 Å². The van der Waals surface area contributed by atoms with Crippen LogP contribution in [0.15, 0.2) is 29.3 Å². The summed E-state index contributed by atoms with van der Waals surface area (Å²) in [5.74, 6) is 1.57. The molecule has 2 atom stereocenters. The number of rotatable bonds is 8. The summed E-state index contributed by atoms with van der Waals surface area (Å²) >= 11 is 0. The van der Waals surface area contributed by atoms with E-state index in [4.69, 9.17) is 14.2 Å². The molecule has 2 unspecified atom stereocenters. The van der Waals surface area contributed by atoms with Crippen molar-refractivity contribution in [1.29, 1.82) is 0 Å². The molecule has 0 aliphatic carbocycles. The van der Waals surface area contributed by atoms with Crippen molar-refractivity contribution in [3.63, 3.8) is 0 Å². The molecule has 0 amide bonds. The first kappa shape index (κ1) is 19.9. The number of ether oxygens (including phenoxy) is 3. The van der Waals surface area contributed by atoms with Gasteiger partial charge in [0.1, 0.15) is 5.75 Å². The van der Waals surface area contributed by atoms with Gasteiger partial charge < -0.3 is 24.8 Å². The number of anilines is 1. The topological polar surface area (TPSA) is 67.4 Å². The van der Waals surface area contributed by atoms with Gasteiger partial charge in [0.2, 0.25) is 0 Å². The van der Waals surface area contributed by atoms with E-state index in [-0.39, 0.29) is 6.10 Å². The molecule has 3 rings (SSSR count). The molecule has 2 saturated heterocycles. The van der Waals surface area contributed by atoms with Crippen LogP contribution in [0.5, 0.6) is 5.75 Å². The normalized spacial score (nSPS) is 23.1. The minimum absolute atomic E-state index is 0.202. The van der Waals surface area contributed by atoms with Crippen LogP contribution in [0.25, 0.3) is 0 Å². The molecular weight excluding hydrogens is 344 g/mol. The molecule has 0 aromatic heterocycles. The fraction of sp³-hybridized carbons (Fsp3) is 0.650. The van der Waals surface area contributed by atoms with Crippen molar-refractivity contribution in [2.45, 2.75) is 31.4 Å². The zero-order chi connectivity index (χ0) is 18.9. The minimum atomic E-state index is 0.202. The molecule has 0 radical (unpaired) electrons. The number of fused-ring (bicyclic) bond motifs is 1. The summed E-state index contributed by atoms with van der Waals surface area (Å²) in [7, 11) is 3.48. The lowest BCUT2D eigenvalue weighted by molar-refractivity contribution is -0.0452. The van der Waals surface area contributed by atoms with E-state index in [0.717, 1.165) is 43.5 Å². The maximum Gasteiger partial charge on any atom is 0.195 e. The van der Waals surface area contributed by atoms with Gasteiger partial charge >= 0.3 is 0 Å². The first-order chi connectivity index (χ1) is 13.3. The lowest BCUT2D eigenvalue weighted by Crippen LogP contribution is -2.50. The van der Waals surface area contributed by atoms with Crippen LogP contribution in [0.1, 0.15) is 19.3 Å². The Labute approximate surface area is 162 Å². The van der Waals surface area contributed by atoms with Crippen LogP contribution in [0.4, 0.5) is 5.69 Å². The number of hydrogen-bond donors (Lipinski definition) is 2. The molecule has 27 heavy (non-hydrogen) atoms. The zero-order valence-electron chi connectivity index (χ0n) is 16.4. The van der Waals surface area contributed by atoms with E-state index in [1.165, 1.54) is 19.4 Å². The second-order valence-electron chi connectivity index (χ2n) is 7.05. The van der Waals surface area contributed by atoms with Gasteiger partial charge in [-0.25, -0.2) is 0 Å². The number of guanidine groups is 1. The van der Waals surface area contributed by atoms with Crippen LogP contribution in [0.3, 0.4) is 0 Å². The van der Waals surface area contributed by atoms with Crippen LogP contribution in [0, 0.1) is 0 Å². The van der Waals surface area contributed by atoms with Crippen LogP contribution in [-0.2, 0) is 9.47 Å². The third kappa shape index (κ3) is 6.09. The van der Waals surface area contributed by atoms with Crippen molar-refractivity contribution < 1.29 is 14.2 Å². The Hall–Kier alpha value is -1.83. The second kappa shape index (κ2) is 10.5. The molecule has 0 bridgehead atoms. The maximum atomic E-state index is 6.00. The highest BCUT2D eigenvalue weighted by molar-refractivity contribution is 5.93. The highest BCUT2D eigenvalue weighted by Crippen LogP contribution is 2.22. The number of aliphatic imine (C=N–C) groups is 1. The third-order valence-corrected chi connectivity index (χ3v) is 5.04. The fourth-order valence-corrected chi connectivity index (χ4v) is 3.59. The first-order valence-electron chi connectivity index (χ1n) is 9.83. The van der Waals surface area contributed by atoms with Crippen molar-refractivity contribution in [3.05, 3.63) is 24.3 Å². The monoisotopic (exact) mass is 376 g/mol. The van der Waals surface area contributed by atoms with Crippen LogP contribution in [-0.4, -0.2) is 76.6 Å². The van der Waals surface area contributed by atoms with Gasteiger partial charge in [-0.3, -0.25) is 9.89 Å². The Balaban J connectivity index is 1.44. The van der Waals surface area contributed by atoms with E-state index in [1.807, 2.05) is 24.3 Å². The molecular formula is C20H32N4O3. The molecule has 2 N–H and O–H groups in total. The lowest BCUT2D eigenvalue weighted by atomic mass is 10.2. The molecule has 1 aromatic carbocycles. The van der Waals surface area contributed by atoms with E-state index >= 15 is 0 Å². The van der Waals surface area contributed by atoms with Crippen molar-refractivity contribution >= 4 is 11.6 Å². The SMILES string of the molecule is CN=C(NCC1CN2CCCC2CO1)Nc1cccc(OCCCOC)c1. The van der Waals surface area contributed by atoms with Crippen molar-refractivity contribution in [2.75, 3.05) is 58.9 Å². The number of hydrogen-bond acceptors (Lipinski definition) is 5. The highest BCUT2D eigenvalue weighted by Gasteiger charge is 2.32. The van der Waals surface area contributed by atoms with Crippen molar-refractivity contribution in [2.24, 2.45) is 4.99 Å². The Bertz CT molecular complexity index is 611. The Morgan fingerprint density at radius 3 is 3.15 bits per heavy atom. The number of nitrogens with zero attached hydrogens (tertiary/aromatic N) is 2. The first-order valence-corrected chi connectivity index (χ1v) is 9.83. The highest BCUT2D eigenvalue weighted by atomic mass is 16.5. The van der Waals surface area contributed by atoms with Gasteiger partial charge in [-0.2, -0.15) is 0 Å². The summed E-state index contributed by atoms with van der Waals surface area (Å²) in [4.78, 5) is 6.87. The lowest BCUT2D eigenvalue weighted by Gasteiger charge is -2.35. The maximum absolute atomic E-state index is 6.00. The quantitative estimate of drug-likeness (QED) is 0.411. The third-order valence-electron chi connectivity index (χ3n) is 5.04. The molecule has 1 aromatic rings. The Morgan fingerprint density at radius 1 is 1.37 bits per heavy atom. The number of nitrogens with one attached hydrogen (secondary N) is 2. The van der Waals surface area contributed by atoms with E-state index in [1.54, 1.807) is 14.2 Å². The molecule has 2 fully saturated rings. The summed E-state index contributed by atoms with van der Waals surface area (Å²) in [5.41, 5.74) is 0.941. The number of benzene rings is 1. The summed E-state index contributed by atoms with van der Waals surface area (Å²) in [6.45, 7) is 5.14. The molecule has 2 aliphatic rings. The average molecular weight is 377 g/mol. The molecule has 7 heteroatoms. The summed E-state index contributed by atoms with van der Waals surface area (Å²) in [6, 6.07) is 8.53. The predicted octanol–water partition coefficient (Wildman–Crippen LogP) is 1.95. The average Bonchev–Trinajstić information content (AvgIpc) is 3.16. The molecule has 7 nitrogen and oxygen atoms in total. The van der Waals surface area contributed by atoms with E-state index in [0.29, 0.717) is 19.3 Å². The summed E-state index contributed by atoms with van der Waals surface area (Å²) in [6.07, 6.45) is 3.64. The predicted molar refractivity (Wildman–Crippen MR) is 108 cm³/mol. The van der Waals surface area contributed by atoms with Gasteiger partial charge in [0.25, 0.3) is 0 Å². The van der Waals surface area contributed by atoms with Gasteiger partial charge in [-0.05, 0) is 31.5 Å². The fourth-order valence-electron chi connectivity index (χ4n) is 3.59. The molecule has 0 saturated carbocycles. The van der Waals surface area contributed by atoms with Gasteiger partial charge in [0.05, 0.1) is 19.3 Å². The van der Waals surface area contributed by atoms with Crippen LogP contribution < -0.4 is 15.4 Å². The Morgan fingerprint density at radius 2 is 2.30 bits per heavy atom. The summed E-state index contributed by atoms with van der Waals surface area (Å²) in [5, 5.41) is 6.70.